The monoisotopic (exact) mass is 712 g/mol. The molecule has 3 rings (SSSR count). The number of halogens is 10. The molecule has 0 saturated carbocycles. The molecule has 1 aliphatic rings. The minimum Gasteiger partial charge on any atom is -0.482 e. The number of ether oxygens (including phenoxy) is 1. The third-order valence-corrected chi connectivity index (χ3v) is 9.10. The van der Waals surface area contributed by atoms with Crippen molar-refractivity contribution in [3.8, 4) is 11.5 Å². The first-order chi connectivity index (χ1) is 19.7. The zero-order valence-corrected chi connectivity index (χ0v) is 24.2. The molecule has 1 heterocycles. The van der Waals surface area contributed by atoms with E-state index in [0.717, 1.165) is 12.1 Å². The van der Waals surface area contributed by atoms with E-state index in [1.807, 2.05) is 23.6 Å². The molecule has 0 amide bonds. The Kier molecular flexibility index (Phi) is 10.4. The fraction of sp³-hybridized carbons (Fsp3) is 0.364. The highest BCUT2D eigenvalue weighted by Gasteiger charge is 2.57. The van der Waals surface area contributed by atoms with Gasteiger partial charge in [0.25, 0.3) is 0 Å². The minimum atomic E-state index is -6.85. The van der Waals surface area contributed by atoms with Crippen molar-refractivity contribution in [2.24, 2.45) is 0 Å². The molecule has 0 radical (unpaired) electrons. The summed E-state index contributed by atoms with van der Waals surface area (Å²) in [4.78, 5) is 0. The van der Waals surface area contributed by atoms with E-state index >= 15 is 0 Å². The molecular weight excluding hydrogens is 694 g/mol. The van der Waals surface area contributed by atoms with Gasteiger partial charge >= 0.3 is 46.9 Å². The molecule has 0 atom stereocenters. The van der Waals surface area contributed by atoms with Crippen molar-refractivity contribution in [3.63, 3.8) is 0 Å². The van der Waals surface area contributed by atoms with Crippen LogP contribution in [0.4, 0.5) is 43.9 Å². The third-order valence-electron chi connectivity index (χ3n) is 5.55. The number of fused-ring (bicyclic) bond motifs is 1. The summed E-state index contributed by atoms with van der Waals surface area (Å²) in [6.45, 7) is 3.78. The highest BCUT2D eigenvalue weighted by atomic mass is 32.3. The van der Waals surface area contributed by atoms with E-state index < -0.39 is 64.0 Å². The Bertz CT molecular complexity index is 1660. The van der Waals surface area contributed by atoms with Crippen molar-refractivity contribution in [2.45, 2.75) is 48.8 Å². The van der Waals surface area contributed by atoms with Crippen LogP contribution in [0.2, 0.25) is 0 Å². The molecule has 9 nitrogen and oxygen atoms in total. The quantitative estimate of drug-likeness (QED) is 0.189. The van der Waals surface area contributed by atoms with Gasteiger partial charge in [-0.15, -0.1) is 3.63 Å². The molecule has 0 fully saturated rings. The lowest BCUT2D eigenvalue weighted by atomic mass is 9.85. The van der Waals surface area contributed by atoms with Crippen LogP contribution in [0.1, 0.15) is 37.8 Å². The number of hydrogen-bond donors (Lipinski definition) is 0. The lowest BCUT2D eigenvalue weighted by Crippen LogP contribution is -2.35. The zero-order valence-electron chi connectivity index (χ0n) is 21.7. The van der Waals surface area contributed by atoms with Crippen LogP contribution in [0.3, 0.4) is 0 Å². The van der Waals surface area contributed by atoms with E-state index in [9.17, 15) is 69.2 Å². The summed E-state index contributed by atoms with van der Waals surface area (Å²) in [5.74, 6) is -0.729. The van der Waals surface area contributed by atoms with E-state index in [1.54, 1.807) is 12.1 Å². The minimum absolute atomic E-state index is 0.186. The maximum absolute atomic E-state index is 13.3. The van der Waals surface area contributed by atoms with Crippen molar-refractivity contribution in [2.75, 3.05) is 0 Å². The van der Waals surface area contributed by atoms with Gasteiger partial charge in [0.2, 0.25) is 0 Å². The smallest absolute Gasteiger partial charge is 0.482 e. The van der Waals surface area contributed by atoms with Gasteiger partial charge in [-0.1, -0.05) is 26.0 Å². The van der Waals surface area contributed by atoms with Crippen LogP contribution in [0, 0.1) is 5.82 Å². The summed E-state index contributed by atoms with van der Waals surface area (Å²) in [6.07, 6.45) is 3.01. The highest BCUT2D eigenvalue weighted by molar-refractivity contribution is 8.00. The van der Waals surface area contributed by atoms with E-state index in [0.29, 0.717) is 29.5 Å². The Hall–Kier alpha value is -3.11. The molecule has 0 saturated heterocycles. The number of rotatable bonds is 7. The molecule has 2 aromatic rings. The average Bonchev–Trinajstić information content (AvgIpc) is 2.86. The summed E-state index contributed by atoms with van der Waals surface area (Å²) in [5, 5.41) is 0. The second-order valence-electron chi connectivity index (χ2n) is 8.45. The number of alkyl halides is 9. The van der Waals surface area contributed by atoms with Crippen molar-refractivity contribution in [1.29, 1.82) is 0 Å². The maximum atomic E-state index is 13.3. The fourth-order valence-electron chi connectivity index (χ4n) is 3.29. The molecule has 0 aliphatic carbocycles. The highest BCUT2D eigenvalue weighted by Crippen LogP contribution is 2.44. The molecule has 248 valence electrons. The third kappa shape index (κ3) is 8.33. The molecule has 2 aromatic carbocycles. The van der Waals surface area contributed by atoms with Gasteiger partial charge in [0, 0.05) is 11.6 Å². The summed E-state index contributed by atoms with van der Waals surface area (Å²) in [7, 11) is -19.5. The van der Waals surface area contributed by atoms with Gasteiger partial charge in [-0.05, 0) is 54.3 Å². The Labute approximate surface area is 243 Å². The second-order valence-corrected chi connectivity index (χ2v) is 13.3. The number of hydrogen-bond acceptors (Lipinski definition) is 9. The number of benzene rings is 2. The van der Waals surface area contributed by atoms with E-state index in [1.165, 1.54) is 18.2 Å². The molecule has 22 heteroatoms. The predicted molar refractivity (Wildman–Crippen MR) is 130 cm³/mol. The van der Waals surface area contributed by atoms with Gasteiger partial charge in [0.1, 0.15) is 22.9 Å². The van der Waals surface area contributed by atoms with E-state index in [2.05, 4.69) is 4.18 Å². The van der Waals surface area contributed by atoms with Crippen LogP contribution in [-0.4, -0.2) is 47.4 Å². The van der Waals surface area contributed by atoms with Crippen LogP contribution in [-0.2, 0) is 34.0 Å². The predicted octanol–water partition coefficient (Wildman–Crippen LogP) is 6.14. The van der Waals surface area contributed by atoms with Crippen LogP contribution >= 0.6 is 0 Å². The fourth-order valence-corrected chi connectivity index (χ4v) is 5.30. The first-order valence-electron chi connectivity index (χ1n) is 11.4. The van der Waals surface area contributed by atoms with Crippen molar-refractivity contribution in [1.82, 2.24) is 0 Å². The molecule has 0 unspecified atom stereocenters. The Morgan fingerprint density at radius 3 is 1.57 bits per heavy atom. The largest absolute Gasteiger partial charge is 0.534 e. The SMILES string of the molecule is CCC1(CC)C=C(c2ccc(F)cc2)c2ccc(OS(=O)(=O)C(F)(F)F)cc2O1.O=S(=O)(OS(=O)(=O)C(F)(F)F)C(F)(F)F. The Morgan fingerprint density at radius 1 is 0.705 bits per heavy atom. The Balaban J connectivity index is 0.000000382. The topological polar surface area (TPSA) is 130 Å². The zero-order chi connectivity index (χ0) is 34.2. The first kappa shape index (κ1) is 37.1. The molecule has 0 bridgehead atoms. The molecule has 0 N–H and O–H groups in total. The molecule has 0 aromatic heterocycles. The molecular formula is C22H18F10O9S3. The molecule has 1 aliphatic heterocycles. The van der Waals surface area contributed by atoms with Gasteiger partial charge in [0.05, 0.1) is 0 Å². The van der Waals surface area contributed by atoms with Crippen molar-refractivity contribution < 1.29 is 81.7 Å². The van der Waals surface area contributed by atoms with Crippen LogP contribution in [0.15, 0.2) is 48.5 Å². The van der Waals surface area contributed by atoms with E-state index in [-0.39, 0.29) is 5.75 Å². The Morgan fingerprint density at radius 2 is 1.16 bits per heavy atom. The average molecular weight is 713 g/mol. The second kappa shape index (κ2) is 12.4. The standard InChI is InChI=1S/C20H18F4O4S.C2F6O5S2/c1-3-19(4-2)12-17(13-5-7-14(21)8-6-13)16-10-9-15(11-18(16)27-19)28-29(25,26)20(22,23)24;3-1(4,5)14(9,10)13-15(11,12)2(6,7)8/h5-12H,3-4H2,1-2H3;. The van der Waals surface area contributed by atoms with Crippen molar-refractivity contribution in [3.05, 3.63) is 65.5 Å². The lowest BCUT2D eigenvalue weighted by molar-refractivity contribution is -0.0586. The van der Waals surface area contributed by atoms with Gasteiger partial charge in [-0.25, -0.2) is 4.39 Å². The normalized spacial score (nSPS) is 15.7. The molecule has 0 spiro atoms. The van der Waals surface area contributed by atoms with E-state index in [4.69, 9.17) is 4.74 Å². The van der Waals surface area contributed by atoms with Crippen LogP contribution in [0.25, 0.3) is 5.57 Å². The van der Waals surface area contributed by atoms with Gasteiger partial charge in [-0.2, -0.15) is 64.8 Å². The van der Waals surface area contributed by atoms with Gasteiger partial charge < -0.3 is 8.92 Å². The summed E-state index contributed by atoms with van der Waals surface area (Å²) >= 11 is 0. The van der Waals surface area contributed by atoms with Gasteiger partial charge in [0.15, 0.2) is 0 Å². The van der Waals surface area contributed by atoms with Crippen LogP contribution < -0.4 is 8.92 Å². The first-order valence-corrected chi connectivity index (χ1v) is 15.6. The van der Waals surface area contributed by atoms with Crippen molar-refractivity contribution >= 4 is 35.9 Å². The summed E-state index contributed by atoms with van der Waals surface area (Å²) in [5.41, 5.74) is -16.9. The van der Waals surface area contributed by atoms with Crippen LogP contribution in [0.5, 0.6) is 11.5 Å². The summed E-state index contributed by atoms with van der Waals surface area (Å²) in [6, 6.07) is 9.44. The maximum Gasteiger partial charge on any atom is 0.534 e. The van der Waals surface area contributed by atoms with Gasteiger partial charge in [-0.3, -0.25) is 0 Å². The molecule has 44 heavy (non-hydrogen) atoms. The summed E-state index contributed by atoms with van der Waals surface area (Å²) < 4.78 is 194. The lowest BCUT2D eigenvalue weighted by Gasteiger charge is -2.36.